The Morgan fingerprint density at radius 3 is 2.19 bits per heavy atom. The summed E-state index contributed by atoms with van der Waals surface area (Å²) in [4.78, 5) is 28.1. The van der Waals surface area contributed by atoms with Gasteiger partial charge in [0.15, 0.2) is 5.76 Å². The molecule has 1 saturated heterocycles. The van der Waals surface area contributed by atoms with E-state index in [0.717, 1.165) is 38.0 Å². The van der Waals surface area contributed by atoms with Gasteiger partial charge in [0.1, 0.15) is 6.04 Å². The van der Waals surface area contributed by atoms with Crippen LogP contribution in [0.3, 0.4) is 0 Å². The number of furan rings is 1. The van der Waals surface area contributed by atoms with Crippen LogP contribution in [0.4, 0.5) is 0 Å². The first-order valence-corrected chi connectivity index (χ1v) is 11.1. The number of nitrogens with one attached hydrogen (secondary N) is 2. The van der Waals surface area contributed by atoms with E-state index >= 15 is 0 Å². The largest absolute Gasteiger partial charge is 0.459 e. The van der Waals surface area contributed by atoms with Crippen molar-refractivity contribution < 1.29 is 14.0 Å². The van der Waals surface area contributed by atoms with E-state index in [4.69, 9.17) is 4.42 Å². The molecule has 0 saturated carbocycles. The fourth-order valence-electron chi connectivity index (χ4n) is 4.08. The quantitative estimate of drug-likeness (QED) is 0.573. The molecule has 0 bridgehead atoms. The maximum absolute atomic E-state index is 13.1. The van der Waals surface area contributed by atoms with Crippen molar-refractivity contribution in [3.63, 3.8) is 0 Å². The first-order chi connectivity index (χ1) is 15.7. The molecule has 0 radical (unpaired) electrons. The van der Waals surface area contributed by atoms with Crippen LogP contribution in [-0.2, 0) is 17.8 Å². The van der Waals surface area contributed by atoms with Gasteiger partial charge in [-0.05, 0) is 36.1 Å². The van der Waals surface area contributed by atoms with Crippen molar-refractivity contribution in [2.75, 3.05) is 13.1 Å². The minimum Gasteiger partial charge on any atom is -0.459 e. The monoisotopic (exact) mass is 431 g/mol. The Balaban J connectivity index is 1.34. The van der Waals surface area contributed by atoms with Crippen LogP contribution in [-0.4, -0.2) is 41.9 Å². The molecular formula is C26H29N3O3. The van der Waals surface area contributed by atoms with Crippen LogP contribution in [0.1, 0.15) is 34.5 Å². The third-order valence-corrected chi connectivity index (χ3v) is 5.83. The number of hydrogen-bond donors (Lipinski definition) is 2. The number of nitrogens with zero attached hydrogens (tertiary/aromatic N) is 1. The molecular weight excluding hydrogens is 402 g/mol. The lowest BCUT2D eigenvalue weighted by Crippen LogP contribution is -2.52. The Bertz CT molecular complexity index is 982. The number of likely N-dealkylation sites (tertiary alicyclic amines) is 1. The van der Waals surface area contributed by atoms with E-state index in [0.29, 0.717) is 6.42 Å². The van der Waals surface area contributed by atoms with Gasteiger partial charge in [0.25, 0.3) is 5.91 Å². The van der Waals surface area contributed by atoms with Crippen LogP contribution < -0.4 is 10.6 Å². The van der Waals surface area contributed by atoms with E-state index in [9.17, 15) is 9.59 Å². The number of benzene rings is 2. The van der Waals surface area contributed by atoms with E-state index in [1.54, 1.807) is 12.1 Å². The van der Waals surface area contributed by atoms with Crippen LogP contribution >= 0.6 is 0 Å². The molecule has 4 rings (SSSR count). The fourth-order valence-corrected chi connectivity index (χ4v) is 4.08. The lowest BCUT2D eigenvalue weighted by Gasteiger charge is -2.33. The average molecular weight is 432 g/mol. The highest BCUT2D eigenvalue weighted by Gasteiger charge is 2.27. The van der Waals surface area contributed by atoms with Crippen LogP contribution in [0.15, 0.2) is 83.5 Å². The standard InChI is InChI=1S/C26H29N3O3/c30-25(27-22-13-15-29(16-14-22)19-21-10-5-2-6-11-21)23(18-20-8-3-1-4-9-20)28-26(31)24-12-7-17-32-24/h1-12,17,22-23H,13-16,18-19H2,(H,27,30)(H,28,31). The molecule has 3 aromatic rings. The molecule has 1 aliphatic rings. The molecule has 166 valence electrons. The van der Waals surface area contributed by atoms with Crippen molar-refractivity contribution in [1.29, 1.82) is 0 Å². The maximum Gasteiger partial charge on any atom is 0.287 e. The normalized spacial score (nSPS) is 15.8. The summed E-state index contributed by atoms with van der Waals surface area (Å²) in [6, 6.07) is 22.8. The lowest BCUT2D eigenvalue weighted by molar-refractivity contribution is -0.124. The second-order valence-electron chi connectivity index (χ2n) is 8.24. The van der Waals surface area contributed by atoms with Gasteiger partial charge in [-0.1, -0.05) is 60.7 Å². The topological polar surface area (TPSA) is 74.6 Å². The first-order valence-electron chi connectivity index (χ1n) is 11.1. The van der Waals surface area contributed by atoms with Crippen molar-refractivity contribution in [3.05, 3.63) is 95.9 Å². The summed E-state index contributed by atoms with van der Waals surface area (Å²) in [5, 5.41) is 6.01. The summed E-state index contributed by atoms with van der Waals surface area (Å²) in [5.74, 6) is -0.343. The van der Waals surface area contributed by atoms with Gasteiger partial charge in [0.05, 0.1) is 6.26 Å². The molecule has 6 nitrogen and oxygen atoms in total. The Morgan fingerprint density at radius 1 is 0.906 bits per heavy atom. The zero-order chi connectivity index (χ0) is 22.2. The number of carbonyl (C=O) groups excluding carboxylic acids is 2. The number of rotatable bonds is 8. The van der Waals surface area contributed by atoms with E-state index in [1.165, 1.54) is 11.8 Å². The number of piperidine rings is 1. The second-order valence-corrected chi connectivity index (χ2v) is 8.24. The van der Waals surface area contributed by atoms with Gasteiger partial charge in [-0.3, -0.25) is 14.5 Å². The highest BCUT2D eigenvalue weighted by molar-refractivity contribution is 5.95. The number of hydrogen-bond acceptors (Lipinski definition) is 4. The Hall–Kier alpha value is -3.38. The van der Waals surface area contributed by atoms with Crippen molar-refractivity contribution in [2.45, 2.75) is 37.9 Å². The summed E-state index contributed by atoms with van der Waals surface area (Å²) in [6.45, 7) is 2.79. The van der Waals surface area contributed by atoms with E-state index in [-0.39, 0.29) is 23.6 Å². The predicted octanol–water partition coefficient (Wildman–Crippen LogP) is 3.40. The van der Waals surface area contributed by atoms with Gasteiger partial charge in [-0.25, -0.2) is 0 Å². The molecule has 1 unspecified atom stereocenters. The summed E-state index contributed by atoms with van der Waals surface area (Å²) in [6.07, 6.45) is 3.65. The highest BCUT2D eigenvalue weighted by atomic mass is 16.3. The Labute approximate surface area is 188 Å². The van der Waals surface area contributed by atoms with Crippen molar-refractivity contribution in [1.82, 2.24) is 15.5 Å². The molecule has 1 atom stereocenters. The molecule has 2 N–H and O–H groups in total. The minimum atomic E-state index is -0.669. The Kier molecular flexibility index (Phi) is 7.35. The zero-order valence-electron chi connectivity index (χ0n) is 18.1. The minimum absolute atomic E-state index is 0.105. The first kappa shape index (κ1) is 21.8. The molecule has 0 spiro atoms. The fraction of sp³-hybridized carbons (Fsp3) is 0.308. The number of carbonyl (C=O) groups is 2. The SMILES string of the molecule is O=C(NC(Cc1ccccc1)C(=O)NC1CCN(Cc2ccccc2)CC1)c1ccco1. The van der Waals surface area contributed by atoms with Gasteiger partial charge >= 0.3 is 0 Å². The molecule has 2 aromatic carbocycles. The summed E-state index contributed by atoms with van der Waals surface area (Å²) in [7, 11) is 0. The molecule has 2 heterocycles. The summed E-state index contributed by atoms with van der Waals surface area (Å²) in [5.41, 5.74) is 2.30. The predicted molar refractivity (Wildman–Crippen MR) is 123 cm³/mol. The van der Waals surface area contributed by atoms with Crippen LogP contribution in [0.2, 0.25) is 0 Å². The van der Waals surface area contributed by atoms with Gasteiger partial charge in [0, 0.05) is 32.1 Å². The third kappa shape index (κ3) is 6.08. The second kappa shape index (κ2) is 10.8. The maximum atomic E-state index is 13.1. The third-order valence-electron chi connectivity index (χ3n) is 5.83. The van der Waals surface area contributed by atoms with Gasteiger partial charge in [-0.15, -0.1) is 0 Å². The molecule has 1 aromatic heterocycles. The van der Waals surface area contributed by atoms with Gasteiger partial charge in [0.2, 0.25) is 5.91 Å². The molecule has 1 fully saturated rings. The zero-order valence-corrected chi connectivity index (χ0v) is 18.1. The average Bonchev–Trinajstić information content (AvgIpc) is 3.36. The van der Waals surface area contributed by atoms with E-state index < -0.39 is 6.04 Å². The molecule has 2 amide bonds. The molecule has 6 heteroatoms. The van der Waals surface area contributed by atoms with Gasteiger partial charge in [-0.2, -0.15) is 0 Å². The van der Waals surface area contributed by atoms with Crippen molar-refractivity contribution in [2.24, 2.45) is 0 Å². The molecule has 32 heavy (non-hydrogen) atoms. The molecule has 0 aliphatic carbocycles. The van der Waals surface area contributed by atoms with Crippen molar-refractivity contribution >= 4 is 11.8 Å². The van der Waals surface area contributed by atoms with Gasteiger partial charge < -0.3 is 15.1 Å². The van der Waals surface area contributed by atoms with E-state index in [1.807, 2.05) is 36.4 Å². The summed E-state index contributed by atoms with van der Waals surface area (Å²) >= 11 is 0. The van der Waals surface area contributed by atoms with Crippen molar-refractivity contribution in [3.8, 4) is 0 Å². The molecule has 1 aliphatic heterocycles. The lowest BCUT2D eigenvalue weighted by atomic mass is 10.0. The van der Waals surface area contributed by atoms with Crippen LogP contribution in [0, 0.1) is 0 Å². The number of amides is 2. The van der Waals surface area contributed by atoms with E-state index in [2.05, 4.69) is 39.8 Å². The highest BCUT2D eigenvalue weighted by Crippen LogP contribution is 2.15. The van der Waals surface area contributed by atoms with Crippen LogP contribution in [0.25, 0.3) is 0 Å². The summed E-state index contributed by atoms with van der Waals surface area (Å²) < 4.78 is 5.19. The Morgan fingerprint density at radius 2 is 1.56 bits per heavy atom. The smallest absolute Gasteiger partial charge is 0.287 e. The van der Waals surface area contributed by atoms with Crippen LogP contribution in [0.5, 0.6) is 0 Å².